The molecule has 6 heteroatoms. The van der Waals surface area contributed by atoms with Crippen molar-refractivity contribution in [3.05, 3.63) is 46.1 Å². The van der Waals surface area contributed by atoms with Crippen molar-refractivity contribution >= 4 is 40.8 Å². The molecule has 2 rings (SSSR count). The van der Waals surface area contributed by atoms with Crippen LogP contribution in [0.3, 0.4) is 0 Å². The van der Waals surface area contributed by atoms with Gasteiger partial charge in [-0.3, -0.25) is 0 Å². The Morgan fingerprint density at radius 3 is 2.60 bits per heavy atom. The number of aromatic nitrogens is 2. The molecule has 0 N–H and O–H groups in total. The summed E-state index contributed by atoms with van der Waals surface area (Å²) in [5, 5.41) is 1.84. The summed E-state index contributed by atoms with van der Waals surface area (Å²) in [6.07, 6.45) is 1.93. The van der Waals surface area contributed by atoms with E-state index in [-0.39, 0.29) is 6.04 Å². The minimum atomic E-state index is 0.134. The molecule has 0 aliphatic carbocycles. The van der Waals surface area contributed by atoms with Gasteiger partial charge in [0.2, 0.25) is 0 Å². The average molecular weight is 328 g/mol. The highest BCUT2D eigenvalue weighted by atomic mass is 35.5. The van der Waals surface area contributed by atoms with Crippen molar-refractivity contribution in [2.45, 2.75) is 18.1 Å². The lowest BCUT2D eigenvalue weighted by Gasteiger charge is -2.26. The average Bonchev–Trinajstić information content (AvgIpc) is 2.45. The van der Waals surface area contributed by atoms with Crippen LogP contribution in [0.15, 0.2) is 35.5 Å². The predicted octanol–water partition coefficient (Wildman–Crippen LogP) is 4.70. The molecule has 20 heavy (non-hydrogen) atoms. The summed E-state index contributed by atoms with van der Waals surface area (Å²) >= 11 is 13.6. The second kappa shape index (κ2) is 6.66. The Hall–Kier alpha value is -0.970. The van der Waals surface area contributed by atoms with Gasteiger partial charge in [0.25, 0.3) is 0 Å². The van der Waals surface area contributed by atoms with E-state index in [2.05, 4.69) is 21.8 Å². The maximum absolute atomic E-state index is 6.04. The van der Waals surface area contributed by atoms with E-state index in [9.17, 15) is 0 Å². The molecule has 0 saturated heterocycles. The molecular weight excluding hydrogens is 313 g/mol. The van der Waals surface area contributed by atoms with E-state index in [4.69, 9.17) is 23.2 Å². The van der Waals surface area contributed by atoms with Gasteiger partial charge >= 0.3 is 0 Å². The van der Waals surface area contributed by atoms with Gasteiger partial charge in [0.1, 0.15) is 11.0 Å². The molecule has 1 aromatic carbocycles. The fourth-order valence-electron chi connectivity index (χ4n) is 1.85. The lowest BCUT2D eigenvalue weighted by molar-refractivity contribution is 0.719. The van der Waals surface area contributed by atoms with Gasteiger partial charge in [0.15, 0.2) is 5.16 Å². The van der Waals surface area contributed by atoms with Gasteiger partial charge in [0.05, 0.1) is 6.04 Å². The van der Waals surface area contributed by atoms with Crippen molar-refractivity contribution in [3.63, 3.8) is 0 Å². The second-order valence-corrected chi connectivity index (χ2v) is 5.97. The first-order valence-corrected chi connectivity index (χ1v) is 8.06. The van der Waals surface area contributed by atoms with Gasteiger partial charge in [-0.25, -0.2) is 9.97 Å². The van der Waals surface area contributed by atoms with Crippen LogP contribution < -0.4 is 4.90 Å². The predicted molar refractivity (Wildman–Crippen MR) is 87.1 cm³/mol. The van der Waals surface area contributed by atoms with Gasteiger partial charge in [-0.2, -0.15) is 0 Å². The van der Waals surface area contributed by atoms with Crippen LogP contribution in [0, 0.1) is 0 Å². The zero-order valence-corrected chi connectivity index (χ0v) is 13.8. The smallest absolute Gasteiger partial charge is 0.190 e. The highest BCUT2D eigenvalue weighted by Gasteiger charge is 2.15. The number of thioether (sulfide) groups is 1. The summed E-state index contributed by atoms with van der Waals surface area (Å²) in [5.74, 6) is 0.793. The number of benzene rings is 1. The molecule has 0 radical (unpaired) electrons. The highest BCUT2D eigenvalue weighted by molar-refractivity contribution is 7.98. The zero-order chi connectivity index (χ0) is 14.7. The molecule has 0 saturated carbocycles. The summed E-state index contributed by atoms with van der Waals surface area (Å²) in [6, 6.07) is 9.72. The molecule has 1 aromatic heterocycles. The zero-order valence-electron chi connectivity index (χ0n) is 11.5. The quantitative estimate of drug-likeness (QED) is 0.462. The Morgan fingerprint density at radius 1 is 1.20 bits per heavy atom. The number of rotatable bonds is 4. The van der Waals surface area contributed by atoms with Crippen LogP contribution in [0.1, 0.15) is 18.5 Å². The van der Waals surface area contributed by atoms with Crippen molar-refractivity contribution in [2.24, 2.45) is 0 Å². The van der Waals surface area contributed by atoms with E-state index in [1.807, 2.05) is 37.6 Å². The Bertz CT molecular complexity index is 607. The normalized spacial score (nSPS) is 12.2. The topological polar surface area (TPSA) is 29.0 Å². The molecule has 106 valence electrons. The van der Waals surface area contributed by atoms with Crippen LogP contribution in [-0.4, -0.2) is 23.3 Å². The van der Waals surface area contributed by atoms with Gasteiger partial charge in [0, 0.05) is 18.1 Å². The highest BCUT2D eigenvalue weighted by Crippen LogP contribution is 2.27. The van der Waals surface area contributed by atoms with Crippen molar-refractivity contribution < 1.29 is 0 Å². The van der Waals surface area contributed by atoms with E-state index in [1.165, 1.54) is 11.8 Å². The SMILES string of the molecule is CSc1nc(Cl)cc(N(C)C(C)c2cccc(Cl)c2)n1. The number of hydrogen-bond donors (Lipinski definition) is 0. The minimum absolute atomic E-state index is 0.134. The lowest BCUT2D eigenvalue weighted by atomic mass is 10.1. The minimum Gasteiger partial charge on any atom is -0.353 e. The van der Waals surface area contributed by atoms with E-state index in [1.54, 1.807) is 6.07 Å². The van der Waals surface area contributed by atoms with Crippen molar-refractivity contribution in [3.8, 4) is 0 Å². The van der Waals surface area contributed by atoms with Crippen molar-refractivity contribution in [1.29, 1.82) is 0 Å². The van der Waals surface area contributed by atoms with E-state index in [0.717, 1.165) is 16.4 Å². The summed E-state index contributed by atoms with van der Waals surface area (Å²) in [7, 11) is 1.98. The first kappa shape index (κ1) is 15.4. The largest absolute Gasteiger partial charge is 0.353 e. The summed E-state index contributed by atoms with van der Waals surface area (Å²) in [4.78, 5) is 10.7. The molecule has 1 atom stereocenters. The molecular formula is C14H15Cl2N3S. The molecule has 0 aliphatic rings. The van der Waals surface area contributed by atoms with Gasteiger partial charge in [-0.1, -0.05) is 47.1 Å². The molecule has 0 amide bonds. The number of hydrogen-bond acceptors (Lipinski definition) is 4. The first-order chi connectivity index (χ1) is 9.51. The van der Waals surface area contributed by atoms with E-state index in [0.29, 0.717) is 10.3 Å². The molecule has 0 bridgehead atoms. The molecule has 1 heterocycles. The fraction of sp³-hybridized carbons (Fsp3) is 0.286. The third kappa shape index (κ3) is 3.57. The number of halogens is 2. The molecule has 2 aromatic rings. The van der Waals surface area contributed by atoms with Crippen LogP contribution in [-0.2, 0) is 0 Å². The standard InChI is InChI=1S/C14H15Cl2N3S/c1-9(10-5-4-6-11(15)7-10)19(2)13-8-12(16)17-14(18-13)20-3/h4-9H,1-3H3. The number of nitrogens with zero attached hydrogens (tertiary/aromatic N) is 3. The molecule has 1 unspecified atom stereocenters. The Kier molecular flexibility index (Phi) is 5.13. The van der Waals surface area contributed by atoms with Crippen LogP contribution in [0.2, 0.25) is 10.2 Å². The summed E-state index contributed by atoms with van der Waals surface area (Å²) in [6.45, 7) is 2.10. The molecule has 0 spiro atoms. The third-order valence-corrected chi connectivity index (χ3v) is 4.09. The summed E-state index contributed by atoms with van der Waals surface area (Å²) in [5.41, 5.74) is 1.13. The van der Waals surface area contributed by atoms with Gasteiger partial charge < -0.3 is 4.90 Å². The Labute approximate surface area is 133 Å². The molecule has 0 aliphatic heterocycles. The van der Waals surface area contributed by atoms with E-state index < -0.39 is 0 Å². The van der Waals surface area contributed by atoms with Crippen LogP contribution in [0.4, 0.5) is 5.82 Å². The Balaban J connectivity index is 2.30. The van der Waals surface area contributed by atoms with Gasteiger partial charge in [-0.05, 0) is 30.9 Å². The van der Waals surface area contributed by atoms with Crippen molar-refractivity contribution in [1.82, 2.24) is 9.97 Å². The maximum Gasteiger partial charge on any atom is 0.190 e. The van der Waals surface area contributed by atoms with Crippen LogP contribution in [0.5, 0.6) is 0 Å². The van der Waals surface area contributed by atoms with Crippen LogP contribution in [0.25, 0.3) is 0 Å². The Morgan fingerprint density at radius 2 is 1.95 bits per heavy atom. The third-order valence-electron chi connectivity index (χ3n) is 3.12. The monoisotopic (exact) mass is 327 g/mol. The fourth-order valence-corrected chi connectivity index (χ4v) is 2.65. The second-order valence-electron chi connectivity index (χ2n) is 4.38. The molecule has 3 nitrogen and oxygen atoms in total. The van der Waals surface area contributed by atoms with Crippen LogP contribution >= 0.6 is 35.0 Å². The maximum atomic E-state index is 6.04. The lowest BCUT2D eigenvalue weighted by Crippen LogP contribution is -2.23. The first-order valence-electron chi connectivity index (χ1n) is 6.08. The number of anilines is 1. The summed E-state index contributed by atoms with van der Waals surface area (Å²) < 4.78 is 0. The molecule has 0 fully saturated rings. The van der Waals surface area contributed by atoms with Crippen molar-refractivity contribution in [2.75, 3.05) is 18.2 Å². The van der Waals surface area contributed by atoms with Gasteiger partial charge in [-0.15, -0.1) is 0 Å². The van der Waals surface area contributed by atoms with E-state index >= 15 is 0 Å².